The van der Waals surface area contributed by atoms with Crippen molar-refractivity contribution in [1.29, 1.82) is 0 Å². The SMILES string of the molecule is CC(NC(=O)C(Cc1cnc[nH]1)NC(=O)C(N)CCCCN)C(=O)NC(CC(=O)O)C(=O)O. The van der Waals surface area contributed by atoms with Gasteiger partial charge in [0.1, 0.15) is 18.1 Å². The molecule has 0 radical (unpaired) electrons. The number of nitrogens with one attached hydrogen (secondary N) is 4. The van der Waals surface area contributed by atoms with Gasteiger partial charge in [0.05, 0.1) is 18.8 Å². The minimum Gasteiger partial charge on any atom is -0.481 e. The Hall–Kier alpha value is -3.52. The number of carboxylic acids is 2. The lowest BCUT2D eigenvalue weighted by atomic mass is 10.1. The number of carbonyl (C=O) groups is 5. The third-order valence-electron chi connectivity index (χ3n) is 4.66. The van der Waals surface area contributed by atoms with Crippen LogP contribution in [-0.4, -0.2) is 80.6 Å². The Balaban J connectivity index is 2.81. The number of aromatic amines is 1. The van der Waals surface area contributed by atoms with Crippen LogP contribution in [0.25, 0.3) is 0 Å². The van der Waals surface area contributed by atoms with E-state index in [1.54, 1.807) is 0 Å². The third-order valence-corrected chi connectivity index (χ3v) is 4.66. The van der Waals surface area contributed by atoms with Crippen LogP contribution in [0.15, 0.2) is 12.5 Å². The predicted molar refractivity (Wildman–Crippen MR) is 115 cm³/mol. The number of hydrogen-bond acceptors (Lipinski definition) is 8. The molecule has 4 atom stereocenters. The zero-order chi connectivity index (χ0) is 25.0. The minimum absolute atomic E-state index is 0.0260. The third kappa shape index (κ3) is 10.1. The molecular weight excluding hydrogens is 438 g/mol. The molecule has 14 heteroatoms. The topological polar surface area (TPSA) is 243 Å². The summed E-state index contributed by atoms with van der Waals surface area (Å²) in [6, 6.07) is -4.85. The van der Waals surface area contributed by atoms with Crippen molar-refractivity contribution in [2.45, 2.75) is 63.2 Å². The number of H-pyrrole nitrogens is 1. The molecule has 1 aromatic rings. The van der Waals surface area contributed by atoms with Crippen LogP contribution in [0.3, 0.4) is 0 Å². The molecule has 0 aliphatic heterocycles. The van der Waals surface area contributed by atoms with Crippen molar-refractivity contribution in [3.63, 3.8) is 0 Å². The maximum absolute atomic E-state index is 12.8. The fourth-order valence-electron chi connectivity index (χ4n) is 2.79. The van der Waals surface area contributed by atoms with Gasteiger partial charge in [-0.2, -0.15) is 0 Å². The molecule has 184 valence electrons. The first kappa shape index (κ1) is 27.5. The van der Waals surface area contributed by atoms with Crippen LogP contribution < -0.4 is 27.4 Å². The Bertz CT molecular complexity index is 815. The largest absolute Gasteiger partial charge is 0.481 e. The molecule has 14 nitrogen and oxygen atoms in total. The average Bonchev–Trinajstić information content (AvgIpc) is 3.25. The number of amides is 3. The summed E-state index contributed by atoms with van der Waals surface area (Å²) < 4.78 is 0. The van der Waals surface area contributed by atoms with Crippen LogP contribution in [0.4, 0.5) is 0 Å². The molecule has 0 bridgehead atoms. The molecule has 0 spiro atoms. The predicted octanol–water partition coefficient (Wildman–Crippen LogP) is -2.56. The number of aromatic nitrogens is 2. The fourth-order valence-corrected chi connectivity index (χ4v) is 2.79. The van der Waals surface area contributed by atoms with Gasteiger partial charge in [0.15, 0.2) is 0 Å². The summed E-state index contributed by atoms with van der Waals surface area (Å²) in [7, 11) is 0. The van der Waals surface area contributed by atoms with Gasteiger partial charge in [-0.1, -0.05) is 6.42 Å². The van der Waals surface area contributed by atoms with E-state index in [1.165, 1.54) is 19.4 Å². The van der Waals surface area contributed by atoms with E-state index in [-0.39, 0.29) is 6.42 Å². The Labute approximate surface area is 189 Å². The van der Waals surface area contributed by atoms with Gasteiger partial charge in [-0.15, -0.1) is 0 Å². The Kier molecular flexibility index (Phi) is 11.5. The molecule has 33 heavy (non-hydrogen) atoms. The summed E-state index contributed by atoms with van der Waals surface area (Å²) in [5, 5.41) is 24.8. The van der Waals surface area contributed by atoms with Crippen LogP contribution in [-0.2, 0) is 30.4 Å². The van der Waals surface area contributed by atoms with Crippen molar-refractivity contribution in [3.05, 3.63) is 18.2 Å². The number of aliphatic carboxylic acids is 2. The Morgan fingerprint density at radius 1 is 1.03 bits per heavy atom. The van der Waals surface area contributed by atoms with Crippen LogP contribution in [0.1, 0.15) is 38.3 Å². The second-order valence-corrected chi connectivity index (χ2v) is 7.46. The second-order valence-electron chi connectivity index (χ2n) is 7.46. The van der Waals surface area contributed by atoms with Crippen molar-refractivity contribution in [2.24, 2.45) is 11.5 Å². The molecule has 10 N–H and O–H groups in total. The number of imidazole rings is 1. The van der Waals surface area contributed by atoms with Gasteiger partial charge in [-0.25, -0.2) is 9.78 Å². The average molecular weight is 469 g/mol. The number of rotatable bonds is 15. The number of carboxylic acid groups (broad SMARTS) is 2. The molecule has 0 saturated heterocycles. The second kappa shape index (κ2) is 13.8. The lowest BCUT2D eigenvalue weighted by Gasteiger charge is -2.23. The first-order chi connectivity index (χ1) is 15.5. The molecular formula is C19H31N7O7. The van der Waals surface area contributed by atoms with Crippen LogP contribution in [0.5, 0.6) is 0 Å². The number of hydrogen-bond donors (Lipinski definition) is 8. The van der Waals surface area contributed by atoms with Crippen LogP contribution in [0, 0.1) is 0 Å². The maximum Gasteiger partial charge on any atom is 0.326 e. The molecule has 0 aliphatic carbocycles. The highest BCUT2D eigenvalue weighted by atomic mass is 16.4. The summed E-state index contributed by atoms with van der Waals surface area (Å²) in [6.07, 6.45) is 3.77. The van der Waals surface area contributed by atoms with E-state index < -0.39 is 60.2 Å². The normalized spacial score (nSPS) is 14.4. The van der Waals surface area contributed by atoms with Crippen molar-refractivity contribution in [1.82, 2.24) is 25.9 Å². The smallest absolute Gasteiger partial charge is 0.326 e. The van der Waals surface area contributed by atoms with Gasteiger partial charge in [0, 0.05) is 18.3 Å². The van der Waals surface area contributed by atoms with Gasteiger partial charge in [-0.05, 0) is 26.3 Å². The fraction of sp³-hybridized carbons (Fsp3) is 0.579. The summed E-state index contributed by atoms with van der Waals surface area (Å²) in [5.74, 6) is -5.13. The summed E-state index contributed by atoms with van der Waals surface area (Å²) in [5.41, 5.74) is 11.8. The monoisotopic (exact) mass is 469 g/mol. The summed E-state index contributed by atoms with van der Waals surface area (Å²) in [6.45, 7) is 1.76. The lowest BCUT2D eigenvalue weighted by molar-refractivity contribution is -0.147. The van der Waals surface area contributed by atoms with Crippen molar-refractivity contribution < 1.29 is 34.2 Å². The highest BCUT2D eigenvalue weighted by Gasteiger charge is 2.29. The lowest BCUT2D eigenvalue weighted by Crippen LogP contribution is -2.57. The molecule has 0 aromatic carbocycles. The van der Waals surface area contributed by atoms with Crippen molar-refractivity contribution in [2.75, 3.05) is 6.54 Å². The molecule has 0 aliphatic rings. The minimum atomic E-state index is -1.67. The zero-order valence-electron chi connectivity index (χ0n) is 18.2. The van der Waals surface area contributed by atoms with E-state index in [0.29, 0.717) is 31.5 Å². The number of carbonyl (C=O) groups excluding carboxylic acids is 3. The van der Waals surface area contributed by atoms with Gasteiger partial charge < -0.3 is 42.6 Å². The van der Waals surface area contributed by atoms with E-state index in [4.69, 9.17) is 21.7 Å². The highest BCUT2D eigenvalue weighted by molar-refractivity contribution is 5.94. The maximum atomic E-state index is 12.8. The quantitative estimate of drug-likeness (QED) is 0.125. The van der Waals surface area contributed by atoms with Crippen LogP contribution in [0.2, 0.25) is 0 Å². The zero-order valence-corrected chi connectivity index (χ0v) is 18.2. The first-order valence-electron chi connectivity index (χ1n) is 10.3. The molecule has 0 saturated carbocycles. The van der Waals surface area contributed by atoms with Gasteiger partial charge in [0.2, 0.25) is 17.7 Å². The van der Waals surface area contributed by atoms with Crippen molar-refractivity contribution in [3.8, 4) is 0 Å². The molecule has 1 heterocycles. The molecule has 4 unspecified atom stereocenters. The van der Waals surface area contributed by atoms with Gasteiger partial charge in [-0.3, -0.25) is 19.2 Å². The number of nitrogens with zero attached hydrogens (tertiary/aromatic N) is 1. The summed E-state index contributed by atoms with van der Waals surface area (Å²) in [4.78, 5) is 66.1. The summed E-state index contributed by atoms with van der Waals surface area (Å²) >= 11 is 0. The van der Waals surface area contributed by atoms with E-state index >= 15 is 0 Å². The molecule has 1 aromatic heterocycles. The first-order valence-corrected chi connectivity index (χ1v) is 10.3. The Morgan fingerprint density at radius 3 is 2.24 bits per heavy atom. The van der Waals surface area contributed by atoms with Crippen LogP contribution >= 0.6 is 0 Å². The number of unbranched alkanes of at least 4 members (excludes halogenated alkanes) is 1. The molecule has 1 rings (SSSR count). The van der Waals surface area contributed by atoms with E-state index in [1.807, 2.05) is 0 Å². The number of nitrogens with two attached hydrogens (primary N) is 2. The van der Waals surface area contributed by atoms with E-state index in [2.05, 4.69) is 25.9 Å². The van der Waals surface area contributed by atoms with Gasteiger partial charge >= 0.3 is 11.9 Å². The van der Waals surface area contributed by atoms with Gasteiger partial charge in [0.25, 0.3) is 0 Å². The molecule has 3 amide bonds. The molecule has 0 fully saturated rings. The standard InChI is InChI=1S/C19H31N7O7/c1-10(16(29)26-14(19(32)33)7-15(27)28)24-18(31)13(6-11-8-22-9-23-11)25-17(30)12(21)4-2-3-5-20/h8-10,12-14H,2-7,20-21H2,1H3,(H,22,23)(H,24,31)(H,25,30)(H,26,29)(H,27,28)(H,32,33). The van der Waals surface area contributed by atoms with Crippen molar-refractivity contribution >= 4 is 29.7 Å². The Morgan fingerprint density at radius 2 is 1.70 bits per heavy atom. The van der Waals surface area contributed by atoms with E-state index in [0.717, 1.165) is 0 Å². The van der Waals surface area contributed by atoms with E-state index in [9.17, 15) is 24.0 Å². The highest BCUT2D eigenvalue weighted by Crippen LogP contribution is 2.03.